The summed E-state index contributed by atoms with van der Waals surface area (Å²) in [6.07, 6.45) is 9.56. The Bertz CT molecular complexity index is 449. The maximum atomic E-state index is 8.83. The molecule has 1 aliphatic rings. The van der Waals surface area contributed by atoms with Crippen molar-refractivity contribution in [2.75, 3.05) is 18.0 Å². The lowest BCUT2D eigenvalue weighted by molar-refractivity contribution is 0.755. The van der Waals surface area contributed by atoms with Crippen molar-refractivity contribution >= 4 is 5.82 Å². The first kappa shape index (κ1) is 10.5. The molecule has 1 aromatic rings. The summed E-state index contributed by atoms with van der Waals surface area (Å²) in [4.78, 5) is 6.33. The van der Waals surface area contributed by atoms with Crippen LogP contribution in [0.3, 0.4) is 0 Å². The zero-order chi connectivity index (χ0) is 11.4. The molecule has 0 amide bonds. The molecule has 1 fully saturated rings. The highest BCUT2D eigenvalue weighted by molar-refractivity contribution is 5.46. The SMILES string of the molecule is C#CCN(CC1CC1)c1cc(C#N)ccn1. The van der Waals surface area contributed by atoms with E-state index in [9.17, 15) is 0 Å². The summed E-state index contributed by atoms with van der Waals surface area (Å²) in [6.45, 7) is 1.50. The summed E-state index contributed by atoms with van der Waals surface area (Å²) in [5.74, 6) is 4.20. The summed E-state index contributed by atoms with van der Waals surface area (Å²) in [5.41, 5.74) is 0.628. The average molecular weight is 211 g/mol. The lowest BCUT2D eigenvalue weighted by atomic mass is 10.2. The van der Waals surface area contributed by atoms with Crippen molar-refractivity contribution in [2.24, 2.45) is 5.92 Å². The van der Waals surface area contributed by atoms with Gasteiger partial charge in [0, 0.05) is 12.7 Å². The fourth-order valence-electron chi connectivity index (χ4n) is 1.62. The van der Waals surface area contributed by atoms with Gasteiger partial charge in [0.05, 0.1) is 18.2 Å². The van der Waals surface area contributed by atoms with Crippen LogP contribution in [0.1, 0.15) is 18.4 Å². The number of hydrogen-bond acceptors (Lipinski definition) is 3. The highest BCUT2D eigenvalue weighted by Gasteiger charge is 2.24. The largest absolute Gasteiger partial charge is 0.345 e. The maximum Gasteiger partial charge on any atom is 0.130 e. The van der Waals surface area contributed by atoms with Gasteiger partial charge < -0.3 is 4.90 Å². The minimum atomic E-state index is 0.554. The Morgan fingerprint density at radius 2 is 2.38 bits per heavy atom. The first-order chi connectivity index (χ1) is 7.83. The van der Waals surface area contributed by atoms with Crippen molar-refractivity contribution < 1.29 is 0 Å². The molecule has 0 saturated heterocycles. The number of hydrogen-bond donors (Lipinski definition) is 0. The van der Waals surface area contributed by atoms with Gasteiger partial charge in [-0.15, -0.1) is 6.42 Å². The number of anilines is 1. The lowest BCUT2D eigenvalue weighted by Gasteiger charge is -2.20. The van der Waals surface area contributed by atoms with Gasteiger partial charge in [0.15, 0.2) is 0 Å². The summed E-state index contributed by atoms with van der Waals surface area (Å²) >= 11 is 0. The van der Waals surface area contributed by atoms with Crippen LogP contribution in [-0.4, -0.2) is 18.1 Å². The molecule has 2 rings (SSSR count). The van der Waals surface area contributed by atoms with Crippen molar-refractivity contribution in [3.05, 3.63) is 23.9 Å². The third-order valence-corrected chi connectivity index (χ3v) is 2.66. The first-order valence-corrected chi connectivity index (χ1v) is 5.38. The Hall–Kier alpha value is -2.00. The van der Waals surface area contributed by atoms with Gasteiger partial charge in [0.1, 0.15) is 5.82 Å². The summed E-state index contributed by atoms with van der Waals surface area (Å²) in [5, 5.41) is 8.83. The minimum absolute atomic E-state index is 0.554. The highest BCUT2D eigenvalue weighted by Crippen LogP contribution is 2.30. The first-order valence-electron chi connectivity index (χ1n) is 5.38. The number of terminal acetylenes is 1. The smallest absolute Gasteiger partial charge is 0.130 e. The molecule has 0 aromatic carbocycles. The second kappa shape index (κ2) is 4.68. The van der Waals surface area contributed by atoms with Crippen LogP contribution < -0.4 is 4.90 Å². The number of nitrogens with zero attached hydrogens (tertiary/aromatic N) is 3. The van der Waals surface area contributed by atoms with Crippen molar-refractivity contribution in [3.63, 3.8) is 0 Å². The number of nitriles is 1. The Labute approximate surface area is 95.7 Å². The van der Waals surface area contributed by atoms with E-state index >= 15 is 0 Å². The Morgan fingerprint density at radius 1 is 1.56 bits per heavy atom. The number of rotatable bonds is 4. The van der Waals surface area contributed by atoms with Crippen LogP contribution in [0, 0.1) is 29.6 Å². The van der Waals surface area contributed by atoms with E-state index in [0.717, 1.165) is 18.3 Å². The molecule has 1 heterocycles. The van der Waals surface area contributed by atoms with E-state index in [-0.39, 0.29) is 0 Å². The van der Waals surface area contributed by atoms with E-state index in [2.05, 4.69) is 21.9 Å². The van der Waals surface area contributed by atoms with E-state index in [1.807, 2.05) is 0 Å². The molecule has 0 spiro atoms. The van der Waals surface area contributed by atoms with E-state index in [4.69, 9.17) is 11.7 Å². The van der Waals surface area contributed by atoms with Crippen LogP contribution in [0.5, 0.6) is 0 Å². The molecule has 0 bridgehead atoms. The summed E-state index contributed by atoms with van der Waals surface area (Å²) in [6, 6.07) is 5.61. The third-order valence-electron chi connectivity index (χ3n) is 2.66. The molecule has 3 nitrogen and oxygen atoms in total. The van der Waals surface area contributed by atoms with Crippen molar-refractivity contribution in [1.29, 1.82) is 5.26 Å². The average Bonchev–Trinajstić information content (AvgIpc) is 3.12. The van der Waals surface area contributed by atoms with Gasteiger partial charge in [-0.2, -0.15) is 5.26 Å². The van der Waals surface area contributed by atoms with Crippen molar-refractivity contribution in [3.8, 4) is 18.4 Å². The second-order valence-corrected chi connectivity index (χ2v) is 4.04. The molecule has 0 radical (unpaired) electrons. The van der Waals surface area contributed by atoms with Crippen LogP contribution in [0.15, 0.2) is 18.3 Å². The van der Waals surface area contributed by atoms with Gasteiger partial charge in [0.25, 0.3) is 0 Å². The zero-order valence-corrected chi connectivity index (χ0v) is 9.06. The number of pyridine rings is 1. The van der Waals surface area contributed by atoms with E-state index in [1.54, 1.807) is 18.3 Å². The van der Waals surface area contributed by atoms with Gasteiger partial charge in [0.2, 0.25) is 0 Å². The minimum Gasteiger partial charge on any atom is -0.345 e. The van der Waals surface area contributed by atoms with E-state index in [1.165, 1.54) is 12.8 Å². The molecule has 1 aliphatic carbocycles. The van der Waals surface area contributed by atoms with Gasteiger partial charge in [-0.1, -0.05) is 5.92 Å². The highest BCUT2D eigenvalue weighted by atomic mass is 15.2. The second-order valence-electron chi connectivity index (χ2n) is 4.04. The topological polar surface area (TPSA) is 39.9 Å². The predicted molar refractivity (Wildman–Crippen MR) is 62.7 cm³/mol. The Morgan fingerprint density at radius 3 is 3.00 bits per heavy atom. The number of aromatic nitrogens is 1. The van der Waals surface area contributed by atoms with Crippen LogP contribution in [0.25, 0.3) is 0 Å². The van der Waals surface area contributed by atoms with Gasteiger partial charge in [-0.05, 0) is 30.9 Å². The molecule has 1 saturated carbocycles. The molecule has 0 aliphatic heterocycles. The van der Waals surface area contributed by atoms with Crippen LogP contribution in [0.4, 0.5) is 5.82 Å². The van der Waals surface area contributed by atoms with Gasteiger partial charge in [-0.3, -0.25) is 0 Å². The molecule has 3 heteroatoms. The molecule has 80 valence electrons. The molecular formula is C13H13N3. The fourth-order valence-corrected chi connectivity index (χ4v) is 1.62. The third kappa shape index (κ3) is 2.52. The molecule has 16 heavy (non-hydrogen) atoms. The van der Waals surface area contributed by atoms with Crippen LogP contribution in [0.2, 0.25) is 0 Å². The van der Waals surface area contributed by atoms with Crippen molar-refractivity contribution in [1.82, 2.24) is 4.98 Å². The standard InChI is InChI=1S/C13H13N3/c1-2-7-16(10-11-3-4-11)13-8-12(9-14)5-6-15-13/h1,5-6,8,11H,3-4,7,10H2. The molecule has 0 unspecified atom stereocenters. The molecule has 1 aromatic heterocycles. The van der Waals surface area contributed by atoms with E-state index < -0.39 is 0 Å². The normalized spacial score (nSPS) is 13.9. The fraction of sp³-hybridized carbons (Fsp3) is 0.385. The lowest BCUT2D eigenvalue weighted by Crippen LogP contribution is -2.26. The maximum absolute atomic E-state index is 8.83. The summed E-state index contributed by atoms with van der Waals surface area (Å²) < 4.78 is 0. The monoisotopic (exact) mass is 211 g/mol. The van der Waals surface area contributed by atoms with Crippen LogP contribution in [-0.2, 0) is 0 Å². The molecular weight excluding hydrogens is 198 g/mol. The predicted octanol–water partition coefficient (Wildman–Crippen LogP) is 1.80. The summed E-state index contributed by atoms with van der Waals surface area (Å²) in [7, 11) is 0. The Kier molecular flexibility index (Phi) is 3.08. The molecule has 0 N–H and O–H groups in total. The van der Waals surface area contributed by atoms with Gasteiger partial charge in [-0.25, -0.2) is 4.98 Å². The van der Waals surface area contributed by atoms with Crippen molar-refractivity contribution in [2.45, 2.75) is 12.8 Å². The van der Waals surface area contributed by atoms with E-state index in [0.29, 0.717) is 12.1 Å². The Balaban J connectivity index is 2.16. The zero-order valence-electron chi connectivity index (χ0n) is 9.06. The quantitative estimate of drug-likeness (QED) is 0.713. The van der Waals surface area contributed by atoms with Crippen LogP contribution >= 0.6 is 0 Å². The van der Waals surface area contributed by atoms with Gasteiger partial charge >= 0.3 is 0 Å². The molecule has 0 atom stereocenters.